The van der Waals surface area contributed by atoms with Crippen molar-refractivity contribution >= 4 is 17.9 Å². The smallest absolute Gasteiger partial charge is 0.306 e. The van der Waals surface area contributed by atoms with Crippen molar-refractivity contribution in [3.63, 3.8) is 0 Å². The summed E-state index contributed by atoms with van der Waals surface area (Å²) in [5, 5.41) is 0. The number of ether oxygens (including phenoxy) is 3. The minimum absolute atomic E-state index is 0.0834. The monoisotopic (exact) mass is 759 g/mol. The molecule has 0 N–H and O–H groups in total. The molecule has 0 aromatic carbocycles. The Labute approximate surface area is 334 Å². The van der Waals surface area contributed by atoms with E-state index in [4.69, 9.17) is 14.2 Å². The maximum Gasteiger partial charge on any atom is 0.306 e. The SMILES string of the molecule is CCCC/C=C\C=C/CCCCCC(=O)OC(COC(=O)CCCCCCC/C=C\CCCC)COC(=O)CCCCCCCCCCCCCCCC. The highest BCUT2D eigenvalue weighted by molar-refractivity contribution is 5.71. The Morgan fingerprint density at radius 3 is 1.13 bits per heavy atom. The zero-order valence-electron chi connectivity index (χ0n) is 35.7. The highest BCUT2D eigenvalue weighted by atomic mass is 16.6. The first kappa shape index (κ1) is 51.6. The van der Waals surface area contributed by atoms with Gasteiger partial charge in [-0.1, -0.05) is 192 Å². The number of hydrogen-bond acceptors (Lipinski definition) is 6. The van der Waals surface area contributed by atoms with E-state index < -0.39 is 6.10 Å². The second-order valence-electron chi connectivity index (χ2n) is 15.3. The van der Waals surface area contributed by atoms with Gasteiger partial charge >= 0.3 is 17.9 Å². The van der Waals surface area contributed by atoms with Gasteiger partial charge in [-0.05, 0) is 57.8 Å². The first-order chi connectivity index (χ1) is 26.5. The predicted octanol–water partition coefficient (Wildman–Crippen LogP) is 14.6. The van der Waals surface area contributed by atoms with E-state index in [2.05, 4.69) is 57.2 Å². The molecule has 0 rings (SSSR count). The Morgan fingerprint density at radius 1 is 0.370 bits per heavy atom. The molecule has 0 spiro atoms. The topological polar surface area (TPSA) is 78.9 Å². The third-order valence-electron chi connectivity index (χ3n) is 9.90. The Balaban J connectivity index is 4.38. The van der Waals surface area contributed by atoms with Gasteiger partial charge in [0.05, 0.1) is 0 Å². The van der Waals surface area contributed by atoms with Gasteiger partial charge in [0.2, 0.25) is 0 Å². The molecule has 0 heterocycles. The molecule has 1 unspecified atom stereocenters. The van der Waals surface area contributed by atoms with Crippen molar-refractivity contribution in [2.24, 2.45) is 0 Å². The van der Waals surface area contributed by atoms with Crippen molar-refractivity contribution in [2.75, 3.05) is 13.2 Å². The standard InChI is InChI=1S/C48H86O6/c1-4-7-10-13-16-19-22-23-24-27-29-32-35-38-41-47(50)53-44-45(54-48(51)42-39-36-33-30-26-21-18-15-12-9-6-3)43-52-46(49)40-37-34-31-28-25-20-17-14-11-8-5-2/h14-15,17-18,21,26,45H,4-13,16,19-20,22-25,27-44H2,1-3H3/b17-14-,18-15-,26-21-. The van der Waals surface area contributed by atoms with Crippen molar-refractivity contribution in [3.05, 3.63) is 36.5 Å². The molecule has 6 heteroatoms. The van der Waals surface area contributed by atoms with Gasteiger partial charge in [-0.3, -0.25) is 14.4 Å². The van der Waals surface area contributed by atoms with E-state index >= 15 is 0 Å². The largest absolute Gasteiger partial charge is 0.462 e. The van der Waals surface area contributed by atoms with Gasteiger partial charge in [0.1, 0.15) is 13.2 Å². The van der Waals surface area contributed by atoms with Gasteiger partial charge < -0.3 is 14.2 Å². The average molecular weight is 759 g/mol. The number of unbranched alkanes of at least 4 members (excludes halogenated alkanes) is 25. The fourth-order valence-corrected chi connectivity index (χ4v) is 6.34. The van der Waals surface area contributed by atoms with E-state index in [9.17, 15) is 14.4 Å². The van der Waals surface area contributed by atoms with Gasteiger partial charge in [0.25, 0.3) is 0 Å². The predicted molar refractivity (Wildman–Crippen MR) is 229 cm³/mol. The van der Waals surface area contributed by atoms with E-state index in [0.29, 0.717) is 19.3 Å². The van der Waals surface area contributed by atoms with Crippen molar-refractivity contribution < 1.29 is 28.6 Å². The summed E-state index contributed by atoms with van der Waals surface area (Å²) in [6, 6.07) is 0. The van der Waals surface area contributed by atoms with Crippen LogP contribution >= 0.6 is 0 Å². The molecule has 0 aromatic rings. The number of allylic oxidation sites excluding steroid dienone is 6. The normalized spacial score (nSPS) is 12.3. The Kier molecular flexibility index (Phi) is 41.5. The Bertz CT molecular complexity index is 922. The van der Waals surface area contributed by atoms with Crippen molar-refractivity contribution in [2.45, 2.75) is 239 Å². The van der Waals surface area contributed by atoms with E-state index in [1.807, 2.05) is 0 Å². The molecular weight excluding hydrogens is 673 g/mol. The molecule has 0 radical (unpaired) electrons. The van der Waals surface area contributed by atoms with Crippen LogP contribution in [0.4, 0.5) is 0 Å². The van der Waals surface area contributed by atoms with E-state index in [-0.39, 0.29) is 31.1 Å². The van der Waals surface area contributed by atoms with Crippen LogP contribution in [0, 0.1) is 0 Å². The Hall–Kier alpha value is -2.37. The first-order valence-electron chi connectivity index (χ1n) is 23.0. The third-order valence-corrected chi connectivity index (χ3v) is 9.90. The molecule has 0 aliphatic rings. The lowest BCUT2D eigenvalue weighted by atomic mass is 10.0. The summed E-state index contributed by atoms with van der Waals surface area (Å²) in [6.07, 6.45) is 48.4. The molecule has 0 aromatic heterocycles. The number of rotatable bonds is 41. The number of esters is 3. The second-order valence-corrected chi connectivity index (χ2v) is 15.3. The van der Waals surface area contributed by atoms with Crippen LogP contribution in [0.1, 0.15) is 233 Å². The van der Waals surface area contributed by atoms with Crippen LogP contribution in [0.15, 0.2) is 36.5 Å². The van der Waals surface area contributed by atoms with Gasteiger partial charge in [0.15, 0.2) is 6.10 Å². The maximum atomic E-state index is 12.7. The zero-order valence-corrected chi connectivity index (χ0v) is 35.7. The minimum Gasteiger partial charge on any atom is -0.462 e. The number of hydrogen-bond donors (Lipinski definition) is 0. The van der Waals surface area contributed by atoms with Crippen molar-refractivity contribution in [3.8, 4) is 0 Å². The van der Waals surface area contributed by atoms with Gasteiger partial charge in [0, 0.05) is 19.3 Å². The fourth-order valence-electron chi connectivity index (χ4n) is 6.34. The van der Waals surface area contributed by atoms with Crippen molar-refractivity contribution in [1.82, 2.24) is 0 Å². The summed E-state index contributed by atoms with van der Waals surface area (Å²) in [4.78, 5) is 37.7. The van der Waals surface area contributed by atoms with Crippen LogP contribution in [0.3, 0.4) is 0 Å². The fraction of sp³-hybridized carbons (Fsp3) is 0.812. The highest BCUT2D eigenvalue weighted by Gasteiger charge is 2.19. The summed E-state index contributed by atoms with van der Waals surface area (Å²) in [5.74, 6) is -0.920. The molecule has 6 nitrogen and oxygen atoms in total. The lowest BCUT2D eigenvalue weighted by molar-refractivity contribution is -0.167. The number of carbonyl (C=O) groups is 3. The van der Waals surface area contributed by atoms with E-state index in [1.165, 1.54) is 116 Å². The van der Waals surface area contributed by atoms with Crippen LogP contribution in [0.25, 0.3) is 0 Å². The summed E-state index contributed by atoms with van der Waals surface area (Å²) in [5.41, 5.74) is 0. The first-order valence-corrected chi connectivity index (χ1v) is 23.0. The minimum atomic E-state index is -0.783. The van der Waals surface area contributed by atoms with Crippen LogP contribution in [-0.4, -0.2) is 37.2 Å². The second kappa shape index (κ2) is 43.4. The summed E-state index contributed by atoms with van der Waals surface area (Å²) >= 11 is 0. The summed E-state index contributed by atoms with van der Waals surface area (Å²) < 4.78 is 16.7. The maximum absolute atomic E-state index is 12.7. The summed E-state index contributed by atoms with van der Waals surface area (Å²) in [7, 11) is 0. The third kappa shape index (κ3) is 40.8. The van der Waals surface area contributed by atoms with Crippen molar-refractivity contribution in [1.29, 1.82) is 0 Å². The molecule has 0 amide bonds. The molecule has 0 saturated heterocycles. The Morgan fingerprint density at radius 2 is 0.685 bits per heavy atom. The highest BCUT2D eigenvalue weighted by Crippen LogP contribution is 2.15. The molecule has 0 aliphatic heterocycles. The molecule has 0 saturated carbocycles. The van der Waals surface area contributed by atoms with Gasteiger partial charge in [-0.25, -0.2) is 0 Å². The zero-order chi connectivity index (χ0) is 39.4. The van der Waals surface area contributed by atoms with Gasteiger partial charge in [-0.15, -0.1) is 0 Å². The van der Waals surface area contributed by atoms with Gasteiger partial charge in [-0.2, -0.15) is 0 Å². The van der Waals surface area contributed by atoms with Crippen LogP contribution in [-0.2, 0) is 28.6 Å². The molecule has 0 aliphatic carbocycles. The van der Waals surface area contributed by atoms with Crippen LogP contribution in [0.2, 0.25) is 0 Å². The molecule has 0 bridgehead atoms. The van der Waals surface area contributed by atoms with E-state index in [1.54, 1.807) is 0 Å². The van der Waals surface area contributed by atoms with Crippen LogP contribution in [0.5, 0.6) is 0 Å². The summed E-state index contributed by atoms with van der Waals surface area (Å²) in [6.45, 7) is 6.51. The molecule has 0 fully saturated rings. The molecule has 314 valence electrons. The average Bonchev–Trinajstić information content (AvgIpc) is 3.17. The quantitative estimate of drug-likeness (QED) is 0.0203. The molecule has 54 heavy (non-hydrogen) atoms. The lowest BCUT2D eigenvalue weighted by Gasteiger charge is -2.18. The number of carbonyl (C=O) groups excluding carboxylic acids is 3. The van der Waals surface area contributed by atoms with Crippen LogP contribution < -0.4 is 0 Å². The lowest BCUT2D eigenvalue weighted by Crippen LogP contribution is -2.30. The molecule has 1 atom stereocenters. The van der Waals surface area contributed by atoms with E-state index in [0.717, 1.165) is 77.0 Å². The molecular formula is C48H86O6.